The van der Waals surface area contributed by atoms with E-state index in [1.807, 2.05) is 6.92 Å². The minimum absolute atomic E-state index is 0.0188. The Bertz CT molecular complexity index is 869. The summed E-state index contributed by atoms with van der Waals surface area (Å²) >= 11 is 0. The number of allylic oxidation sites excluding steroid dienone is 2. The molecule has 0 fully saturated rings. The summed E-state index contributed by atoms with van der Waals surface area (Å²) in [7, 11) is 3.73. The van der Waals surface area contributed by atoms with Crippen LogP contribution in [0.2, 0.25) is 0 Å². The molecule has 148 valence electrons. The van der Waals surface area contributed by atoms with Crippen molar-refractivity contribution >= 4 is 29.3 Å². The smallest absolute Gasteiger partial charge is 0.355 e. The third kappa shape index (κ3) is 4.22. The molecule has 0 saturated heterocycles. The van der Waals surface area contributed by atoms with Gasteiger partial charge in [0.05, 0.1) is 43.8 Å². The van der Waals surface area contributed by atoms with Crippen LogP contribution < -0.4 is 10.2 Å². The molecule has 0 amide bonds. The van der Waals surface area contributed by atoms with Gasteiger partial charge in [0, 0.05) is 12.7 Å². The lowest BCUT2D eigenvalue weighted by molar-refractivity contribution is -0.139. The van der Waals surface area contributed by atoms with E-state index < -0.39 is 17.9 Å². The second-order valence-electron chi connectivity index (χ2n) is 5.57. The van der Waals surface area contributed by atoms with Crippen LogP contribution in [0.1, 0.15) is 17.3 Å². The second kappa shape index (κ2) is 9.40. The van der Waals surface area contributed by atoms with E-state index in [4.69, 9.17) is 14.2 Å². The maximum Gasteiger partial charge on any atom is 0.355 e. The maximum absolute atomic E-state index is 12.6. The fourth-order valence-corrected chi connectivity index (χ4v) is 2.67. The van der Waals surface area contributed by atoms with Crippen molar-refractivity contribution in [3.05, 3.63) is 59.5 Å². The first kappa shape index (κ1) is 20.8. The molecule has 0 radical (unpaired) electrons. The zero-order chi connectivity index (χ0) is 20.7. The Morgan fingerprint density at radius 3 is 2.25 bits per heavy atom. The van der Waals surface area contributed by atoms with Gasteiger partial charge in [-0.1, -0.05) is 6.08 Å². The zero-order valence-corrected chi connectivity index (χ0v) is 16.1. The van der Waals surface area contributed by atoms with Gasteiger partial charge in [-0.3, -0.25) is 0 Å². The summed E-state index contributed by atoms with van der Waals surface area (Å²) in [6.07, 6.45) is 6.31. The van der Waals surface area contributed by atoms with Crippen LogP contribution in [-0.4, -0.2) is 45.8 Å². The first-order chi connectivity index (χ1) is 13.5. The Balaban J connectivity index is 2.76. The monoisotopic (exact) mass is 386 g/mol. The molecule has 0 aliphatic carbocycles. The molecule has 1 aliphatic rings. The predicted octanol–water partition coefficient (Wildman–Crippen LogP) is 2.40. The summed E-state index contributed by atoms with van der Waals surface area (Å²) in [5.41, 5.74) is 1.37. The molecule has 0 atom stereocenters. The van der Waals surface area contributed by atoms with E-state index in [1.165, 1.54) is 32.3 Å². The number of methoxy groups -OCH3 is 3. The lowest BCUT2D eigenvalue weighted by Gasteiger charge is -2.26. The number of carbonyl (C=O) groups excluding carboxylic acids is 3. The number of esters is 3. The number of ether oxygens (including phenoxy) is 3. The summed E-state index contributed by atoms with van der Waals surface area (Å²) in [5, 5.41) is 3.17. The molecule has 0 aromatic heterocycles. The first-order valence-electron chi connectivity index (χ1n) is 8.49. The van der Waals surface area contributed by atoms with E-state index >= 15 is 0 Å². The summed E-state index contributed by atoms with van der Waals surface area (Å²) in [6, 6.07) is 4.87. The van der Waals surface area contributed by atoms with Gasteiger partial charge in [0.25, 0.3) is 0 Å². The van der Waals surface area contributed by atoms with Crippen molar-refractivity contribution in [2.45, 2.75) is 6.92 Å². The number of nitrogens with one attached hydrogen (secondary N) is 1. The van der Waals surface area contributed by atoms with Gasteiger partial charge in [-0.15, -0.1) is 0 Å². The highest BCUT2D eigenvalue weighted by molar-refractivity contribution is 6.06. The second-order valence-corrected chi connectivity index (χ2v) is 5.57. The number of hydrogen-bond acceptors (Lipinski definition) is 8. The molecule has 1 heterocycles. The standard InChI is InChI=1S/C20H22N2O6/c1-5-21-15-10-9-13(18(23)26-2)12-16(15)22-11-7-6-8-14(19(24)27-3)17(22)20(25)28-4/h6-12,21H,5H2,1-4H3. The normalized spacial score (nSPS) is 13.1. The van der Waals surface area contributed by atoms with E-state index in [-0.39, 0.29) is 16.8 Å². The number of rotatable bonds is 6. The number of anilines is 2. The van der Waals surface area contributed by atoms with E-state index in [2.05, 4.69) is 5.32 Å². The summed E-state index contributed by atoms with van der Waals surface area (Å²) in [5.74, 6) is -1.96. The van der Waals surface area contributed by atoms with Gasteiger partial charge in [0.15, 0.2) is 0 Å². The lowest BCUT2D eigenvalue weighted by atomic mass is 10.1. The van der Waals surface area contributed by atoms with Crippen molar-refractivity contribution in [2.75, 3.05) is 38.1 Å². The van der Waals surface area contributed by atoms with Crippen molar-refractivity contribution in [3.63, 3.8) is 0 Å². The molecule has 0 spiro atoms. The van der Waals surface area contributed by atoms with Crippen LogP contribution >= 0.6 is 0 Å². The van der Waals surface area contributed by atoms with Gasteiger partial charge < -0.3 is 24.4 Å². The third-order valence-corrected chi connectivity index (χ3v) is 3.93. The van der Waals surface area contributed by atoms with Crippen LogP contribution in [0.5, 0.6) is 0 Å². The van der Waals surface area contributed by atoms with Gasteiger partial charge in [0.1, 0.15) is 5.70 Å². The maximum atomic E-state index is 12.6. The molecule has 8 nitrogen and oxygen atoms in total. The molecule has 1 aliphatic heterocycles. The average molecular weight is 386 g/mol. The summed E-state index contributed by atoms with van der Waals surface area (Å²) in [6.45, 7) is 2.51. The quantitative estimate of drug-likeness (QED) is 0.588. The third-order valence-electron chi connectivity index (χ3n) is 3.93. The Hall–Kier alpha value is -3.55. The van der Waals surface area contributed by atoms with Crippen molar-refractivity contribution in [2.24, 2.45) is 0 Å². The largest absolute Gasteiger partial charge is 0.465 e. The van der Waals surface area contributed by atoms with E-state index in [0.29, 0.717) is 17.9 Å². The van der Waals surface area contributed by atoms with Gasteiger partial charge in [-0.2, -0.15) is 0 Å². The molecule has 0 bridgehead atoms. The Morgan fingerprint density at radius 1 is 0.964 bits per heavy atom. The molecule has 1 aromatic rings. The van der Waals surface area contributed by atoms with Crippen LogP contribution in [0.25, 0.3) is 0 Å². The molecule has 2 rings (SSSR count). The van der Waals surface area contributed by atoms with E-state index in [0.717, 1.165) is 0 Å². The van der Waals surface area contributed by atoms with Crippen LogP contribution in [0.15, 0.2) is 53.9 Å². The van der Waals surface area contributed by atoms with Gasteiger partial charge >= 0.3 is 17.9 Å². The van der Waals surface area contributed by atoms with Gasteiger partial charge in [-0.25, -0.2) is 14.4 Å². The van der Waals surface area contributed by atoms with Gasteiger partial charge in [-0.05, 0) is 37.3 Å². The Morgan fingerprint density at radius 2 is 1.64 bits per heavy atom. The first-order valence-corrected chi connectivity index (χ1v) is 8.49. The topological polar surface area (TPSA) is 94.2 Å². The fourth-order valence-electron chi connectivity index (χ4n) is 2.67. The van der Waals surface area contributed by atoms with Crippen LogP contribution in [0.4, 0.5) is 11.4 Å². The lowest BCUT2D eigenvalue weighted by Crippen LogP contribution is -2.27. The molecule has 8 heteroatoms. The molecular formula is C20H22N2O6. The van der Waals surface area contributed by atoms with Crippen LogP contribution in [0, 0.1) is 0 Å². The highest BCUT2D eigenvalue weighted by atomic mass is 16.5. The zero-order valence-electron chi connectivity index (χ0n) is 16.1. The molecule has 0 saturated carbocycles. The summed E-state index contributed by atoms with van der Waals surface area (Å²) < 4.78 is 14.5. The highest BCUT2D eigenvalue weighted by Crippen LogP contribution is 2.33. The summed E-state index contributed by atoms with van der Waals surface area (Å²) in [4.78, 5) is 38.3. The number of hydrogen-bond donors (Lipinski definition) is 1. The van der Waals surface area contributed by atoms with Crippen LogP contribution in [-0.2, 0) is 23.8 Å². The average Bonchev–Trinajstić information content (AvgIpc) is 2.95. The molecule has 1 N–H and O–H groups in total. The fraction of sp³-hybridized carbons (Fsp3) is 0.250. The van der Waals surface area contributed by atoms with E-state index in [9.17, 15) is 14.4 Å². The van der Waals surface area contributed by atoms with Crippen molar-refractivity contribution in [3.8, 4) is 0 Å². The van der Waals surface area contributed by atoms with E-state index in [1.54, 1.807) is 36.6 Å². The minimum atomic E-state index is -0.734. The Kier molecular flexibility index (Phi) is 6.97. The SMILES string of the molecule is CCNc1ccc(C(=O)OC)cc1N1C=CC=CC(C(=O)OC)=C1C(=O)OC. The number of benzene rings is 1. The molecular weight excluding hydrogens is 364 g/mol. The predicted molar refractivity (Wildman–Crippen MR) is 104 cm³/mol. The van der Waals surface area contributed by atoms with Gasteiger partial charge in [0.2, 0.25) is 0 Å². The molecule has 28 heavy (non-hydrogen) atoms. The van der Waals surface area contributed by atoms with Crippen molar-refractivity contribution < 1.29 is 28.6 Å². The highest BCUT2D eigenvalue weighted by Gasteiger charge is 2.29. The van der Waals surface area contributed by atoms with Crippen molar-refractivity contribution in [1.82, 2.24) is 0 Å². The minimum Gasteiger partial charge on any atom is -0.465 e. The number of carbonyl (C=O) groups is 3. The molecule has 1 aromatic carbocycles. The molecule has 0 unspecified atom stereocenters. The van der Waals surface area contributed by atoms with Crippen molar-refractivity contribution in [1.29, 1.82) is 0 Å². The van der Waals surface area contributed by atoms with Crippen LogP contribution in [0.3, 0.4) is 0 Å². The number of nitrogens with zero attached hydrogens (tertiary/aromatic N) is 1. The Labute approximate surface area is 163 Å².